The molecule has 1 aliphatic heterocycles. The van der Waals surface area contributed by atoms with Gasteiger partial charge in [-0.25, -0.2) is 0 Å². The van der Waals surface area contributed by atoms with E-state index < -0.39 is 0 Å². The monoisotopic (exact) mass is 246 g/mol. The van der Waals surface area contributed by atoms with Gasteiger partial charge in [0.25, 0.3) is 0 Å². The van der Waals surface area contributed by atoms with Crippen molar-refractivity contribution in [2.45, 2.75) is 45.1 Å². The maximum Gasteiger partial charge on any atom is 0.225 e. The van der Waals surface area contributed by atoms with Crippen LogP contribution in [0.4, 0.5) is 0 Å². The lowest BCUT2D eigenvalue weighted by Gasteiger charge is -2.35. The van der Waals surface area contributed by atoms with Gasteiger partial charge in [0.05, 0.1) is 0 Å². The van der Waals surface area contributed by atoms with Crippen molar-refractivity contribution in [3.05, 3.63) is 0 Å². The van der Waals surface area contributed by atoms with Gasteiger partial charge in [-0.15, -0.1) is 12.4 Å². The first kappa shape index (κ1) is 13.8. The normalized spacial score (nSPS) is 24.7. The maximum atomic E-state index is 12.2. The number of hydrogen-bond donors (Lipinski definition) is 1. The van der Waals surface area contributed by atoms with E-state index in [1.54, 1.807) is 0 Å². The predicted octanol–water partition coefficient (Wildman–Crippen LogP) is 1.81. The fraction of sp³-hybridized carbons (Fsp3) is 0.917. The molecule has 2 rings (SSSR count). The highest BCUT2D eigenvalue weighted by Gasteiger charge is 2.33. The fourth-order valence-corrected chi connectivity index (χ4v) is 2.51. The van der Waals surface area contributed by atoms with Crippen LogP contribution in [-0.2, 0) is 4.79 Å². The molecular formula is C12H23ClN2O. The molecule has 0 aromatic rings. The first-order valence-electron chi connectivity index (χ1n) is 6.34. The van der Waals surface area contributed by atoms with Crippen molar-refractivity contribution < 1.29 is 4.79 Å². The Balaban J connectivity index is 0.00000128. The third-order valence-corrected chi connectivity index (χ3v) is 3.68. The molecule has 2 fully saturated rings. The van der Waals surface area contributed by atoms with Gasteiger partial charge < -0.3 is 10.2 Å². The lowest BCUT2D eigenvalue weighted by atomic mass is 9.84. The first-order chi connectivity index (χ1) is 7.33. The molecule has 1 N–H and O–H groups in total. The van der Waals surface area contributed by atoms with E-state index in [1.165, 1.54) is 6.42 Å². The second kappa shape index (κ2) is 6.45. The highest BCUT2D eigenvalue weighted by Crippen LogP contribution is 2.29. The lowest BCUT2D eigenvalue weighted by molar-refractivity contribution is -0.140. The summed E-state index contributed by atoms with van der Waals surface area (Å²) in [5.74, 6) is 0.786. The van der Waals surface area contributed by atoms with Gasteiger partial charge in [0, 0.05) is 25.0 Å². The molecule has 16 heavy (non-hydrogen) atoms. The Kier molecular flexibility index (Phi) is 5.56. The molecule has 1 atom stereocenters. The van der Waals surface area contributed by atoms with Crippen LogP contribution in [0.15, 0.2) is 0 Å². The molecule has 1 unspecified atom stereocenters. The quantitative estimate of drug-likeness (QED) is 0.821. The van der Waals surface area contributed by atoms with Crippen LogP contribution in [0.5, 0.6) is 0 Å². The van der Waals surface area contributed by atoms with E-state index in [1.807, 2.05) is 0 Å². The van der Waals surface area contributed by atoms with Crippen molar-refractivity contribution in [3.63, 3.8) is 0 Å². The van der Waals surface area contributed by atoms with Crippen molar-refractivity contribution in [1.82, 2.24) is 10.2 Å². The number of carbonyl (C=O) groups is 1. The molecule has 0 aromatic heterocycles. The molecule has 0 radical (unpaired) electrons. The molecule has 4 heteroatoms. The number of amides is 1. The summed E-state index contributed by atoms with van der Waals surface area (Å²) in [5.41, 5.74) is 0. The second-order valence-electron chi connectivity index (χ2n) is 4.81. The van der Waals surface area contributed by atoms with Crippen LogP contribution in [0, 0.1) is 5.92 Å². The van der Waals surface area contributed by atoms with Crippen LogP contribution in [0.25, 0.3) is 0 Å². The van der Waals surface area contributed by atoms with Gasteiger partial charge in [0.15, 0.2) is 0 Å². The van der Waals surface area contributed by atoms with Gasteiger partial charge in [-0.3, -0.25) is 4.79 Å². The molecule has 1 saturated heterocycles. The Morgan fingerprint density at radius 1 is 1.38 bits per heavy atom. The summed E-state index contributed by atoms with van der Waals surface area (Å²) in [7, 11) is 0. The smallest absolute Gasteiger partial charge is 0.225 e. The first-order valence-corrected chi connectivity index (χ1v) is 6.34. The third-order valence-electron chi connectivity index (χ3n) is 3.68. The van der Waals surface area contributed by atoms with Crippen LogP contribution in [0.3, 0.4) is 0 Å². The van der Waals surface area contributed by atoms with Crippen LogP contribution in [-0.4, -0.2) is 36.5 Å². The summed E-state index contributed by atoms with van der Waals surface area (Å²) < 4.78 is 0. The molecule has 1 saturated carbocycles. The summed E-state index contributed by atoms with van der Waals surface area (Å²) in [6.07, 6.45) is 5.71. The average Bonchev–Trinajstić information content (AvgIpc) is 2.63. The molecule has 3 nitrogen and oxygen atoms in total. The molecule has 1 amide bonds. The van der Waals surface area contributed by atoms with Crippen molar-refractivity contribution in [2.24, 2.45) is 5.92 Å². The molecule has 2 aliphatic rings. The molecule has 0 spiro atoms. The third kappa shape index (κ3) is 2.89. The average molecular weight is 247 g/mol. The predicted molar refractivity (Wildman–Crippen MR) is 67.9 cm³/mol. The van der Waals surface area contributed by atoms with Gasteiger partial charge in [-0.1, -0.05) is 13.3 Å². The number of hydrogen-bond acceptors (Lipinski definition) is 2. The fourth-order valence-electron chi connectivity index (χ4n) is 2.51. The summed E-state index contributed by atoms with van der Waals surface area (Å²) in [6.45, 7) is 5.17. The van der Waals surface area contributed by atoms with Crippen molar-refractivity contribution in [2.75, 3.05) is 19.6 Å². The summed E-state index contributed by atoms with van der Waals surface area (Å²) in [6, 6.07) is 0.470. The van der Waals surface area contributed by atoms with Crippen molar-refractivity contribution in [1.29, 1.82) is 0 Å². The van der Waals surface area contributed by atoms with Gasteiger partial charge in [-0.2, -0.15) is 0 Å². The number of carbonyl (C=O) groups excluding carboxylic acids is 1. The van der Waals surface area contributed by atoms with E-state index >= 15 is 0 Å². The van der Waals surface area contributed by atoms with E-state index in [0.717, 1.165) is 45.3 Å². The van der Waals surface area contributed by atoms with Crippen LogP contribution >= 0.6 is 12.4 Å². The van der Waals surface area contributed by atoms with E-state index in [0.29, 0.717) is 17.9 Å². The van der Waals surface area contributed by atoms with Gasteiger partial charge in [-0.05, 0) is 32.2 Å². The molecule has 0 bridgehead atoms. The number of nitrogens with zero attached hydrogens (tertiary/aromatic N) is 1. The van der Waals surface area contributed by atoms with Crippen LogP contribution < -0.4 is 5.32 Å². The number of halogens is 1. The zero-order chi connectivity index (χ0) is 10.7. The standard InChI is InChI=1S/C12H22N2O.ClH/c1-2-8-14(11-6-7-13-9-11)12(15)10-4-3-5-10;/h10-11,13H,2-9H2,1H3;1H. The lowest BCUT2D eigenvalue weighted by Crippen LogP contribution is -2.46. The largest absolute Gasteiger partial charge is 0.338 e. The highest BCUT2D eigenvalue weighted by molar-refractivity contribution is 5.85. The zero-order valence-corrected chi connectivity index (χ0v) is 10.9. The minimum absolute atomic E-state index is 0. The van der Waals surface area contributed by atoms with Gasteiger partial charge in [0.1, 0.15) is 0 Å². The summed E-state index contributed by atoms with van der Waals surface area (Å²) in [5, 5.41) is 3.35. The summed E-state index contributed by atoms with van der Waals surface area (Å²) >= 11 is 0. The molecule has 94 valence electrons. The van der Waals surface area contributed by atoms with Crippen LogP contribution in [0.1, 0.15) is 39.0 Å². The Morgan fingerprint density at radius 2 is 2.12 bits per heavy atom. The Morgan fingerprint density at radius 3 is 2.56 bits per heavy atom. The van der Waals surface area contributed by atoms with Gasteiger partial charge >= 0.3 is 0 Å². The number of rotatable bonds is 4. The maximum absolute atomic E-state index is 12.2. The highest BCUT2D eigenvalue weighted by atomic mass is 35.5. The SMILES string of the molecule is CCCN(C(=O)C1CCC1)C1CCNC1.Cl. The number of nitrogens with one attached hydrogen (secondary N) is 1. The molecule has 1 aliphatic carbocycles. The van der Waals surface area contributed by atoms with E-state index in [4.69, 9.17) is 0 Å². The van der Waals surface area contributed by atoms with Crippen molar-refractivity contribution >= 4 is 18.3 Å². The molecule has 0 aromatic carbocycles. The van der Waals surface area contributed by atoms with Crippen LogP contribution in [0.2, 0.25) is 0 Å². The Hall–Kier alpha value is -0.280. The summed E-state index contributed by atoms with van der Waals surface area (Å²) in [4.78, 5) is 14.3. The van der Waals surface area contributed by atoms with E-state index in [9.17, 15) is 4.79 Å². The topological polar surface area (TPSA) is 32.3 Å². The minimum Gasteiger partial charge on any atom is -0.338 e. The second-order valence-corrected chi connectivity index (χ2v) is 4.81. The Labute approximate surface area is 104 Å². The van der Waals surface area contributed by atoms with Crippen molar-refractivity contribution in [3.8, 4) is 0 Å². The molecular weight excluding hydrogens is 224 g/mol. The van der Waals surface area contributed by atoms with E-state index in [2.05, 4.69) is 17.1 Å². The molecule has 1 heterocycles. The Bertz CT molecular complexity index is 225. The van der Waals surface area contributed by atoms with E-state index in [-0.39, 0.29) is 12.4 Å². The zero-order valence-electron chi connectivity index (χ0n) is 10.1. The van der Waals surface area contributed by atoms with Gasteiger partial charge in [0.2, 0.25) is 5.91 Å². The minimum atomic E-state index is 0.